The predicted octanol–water partition coefficient (Wildman–Crippen LogP) is 10.3. The number of unbranched alkanes of at least 4 members (excludes halogenated alkanes) is 17. The van der Waals surface area contributed by atoms with Gasteiger partial charge in [0.1, 0.15) is 0 Å². The Morgan fingerprint density at radius 1 is 0.517 bits per heavy atom. The zero-order valence-corrected chi connectivity index (χ0v) is 20.3. The average molecular weight is 403 g/mol. The third-order valence-electron chi connectivity index (χ3n) is 6.13. The van der Waals surface area contributed by atoms with Crippen LogP contribution in [0.2, 0.25) is 0 Å². The summed E-state index contributed by atoms with van der Waals surface area (Å²) in [5.41, 5.74) is 0. The molecule has 0 heterocycles. The maximum atomic E-state index is 3.92. The van der Waals surface area contributed by atoms with Crippen LogP contribution in [-0.4, -0.2) is 0 Å². The molecule has 0 aliphatic rings. The van der Waals surface area contributed by atoms with Crippen LogP contribution >= 0.6 is 0 Å². The van der Waals surface area contributed by atoms with E-state index in [9.17, 15) is 0 Å². The van der Waals surface area contributed by atoms with Gasteiger partial charge >= 0.3 is 0 Å². The molecule has 170 valence electrons. The molecule has 0 saturated heterocycles. The summed E-state index contributed by atoms with van der Waals surface area (Å²) in [4.78, 5) is 0. The highest BCUT2D eigenvalue weighted by Crippen LogP contribution is 2.20. The van der Waals surface area contributed by atoms with E-state index < -0.39 is 0 Å². The van der Waals surface area contributed by atoms with Crippen LogP contribution in [0.3, 0.4) is 0 Å². The van der Waals surface area contributed by atoms with Crippen molar-refractivity contribution in [2.24, 2.45) is 5.92 Å². The Balaban J connectivity index is 3.51. The lowest BCUT2D eigenvalue weighted by Gasteiger charge is -2.12. The van der Waals surface area contributed by atoms with E-state index >= 15 is 0 Å². The van der Waals surface area contributed by atoms with Gasteiger partial charge in [-0.1, -0.05) is 136 Å². The molecule has 0 aliphatic carbocycles. The van der Waals surface area contributed by atoms with E-state index in [1.165, 1.54) is 122 Å². The minimum Gasteiger partial charge on any atom is -0.103 e. The molecule has 0 N–H and O–H groups in total. The van der Waals surface area contributed by atoms with Crippen molar-refractivity contribution >= 4 is 0 Å². The molecule has 0 aliphatic heterocycles. The molecule has 0 bridgehead atoms. The third-order valence-corrected chi connectivity index (χ3v) is 6.13. The molecule has 1 unspecified atom stereocenters. The molecule has 0 rings (SSSR count). The second kappa shape index (κ2) is 25.6. The Bertz CT molecular complexity index is 345. The van der Waals surface area contributed by atoms with E-state index in [0.717, 1.165) is 31.6 Å². The lowest BCUT2D eigenvalue weighted by molar-refractivity contribution is 0.426. The third kappa shape index (κ3) is 23.7. The molecule has 2 radical (unpaired) electrons. The number of rotatable bonds is 22. The van der Waals surface area contributed by atoms with Crippen LogP contribution in [0.5, 0.6) is 0 Å². The molecule has 0 aromatic carbocycles. The Morgan fingerprint density at radius 3 is 1.45 bits per heavy atom. The molecule has 1 atom stereocenters. The van der Waals surface area contributed by atoms with Gasteiger partial charge in [0.05, 0.1) is 0 Å². The maximum absolute atomic E-state index is 3.92. The first kappa shape index (κ1) is 28.6. The summed E-state index contributed by atoms with van der Waals surface area (Å²) in [6.07, 6.45) is 30.9. The van der Waals surface area contributed by atoms with E-state index in [4.69, 9.17) is 0 Å². The number of hydrogen-bond donors (Lipinski definition) is 0. The van der Waals surface area contributed by atoms with Crippen molar-refractivity contribution in [2.75, 3.05) is 0 Å². The van der Waals surface area contributed by atoms with Crippen molar-refractivity contribution in [3.63, 3.8) is 0 Å². The highest BCUT2D eigenvalue weighted by atomic mass is 14.1. The lowest BCUT2D eigenvalue weighted by atomic mass is 9.93. The van der Waals surface area contributed by atoms with Gasteiger partial charge < -0.3 is 0 Å². The summed E-state index contributed by atoms with van der Waals surface area (Å²) >= 11 is 0. The fraction of sp³-hybridized carbons (Fsp3) is 0.862. The Kier molecular flexibility index (Phi) is 25.2. The molecular formula is C29H54. The molecule has 0 fully saturated rings. The first-order chi connectivity index (χ1) is 14.3. The summed E-state index contributed by atoms with van der Waals surface area (Å²) in [7, 11) is 0. The van der Waals surface area contributed by atoms with E-state index in [0.29, 0.717) is 0 Å². The zero-order chi connectivity index (χ0) is 21.3. The van der Waals surface area contributed by atoms with Gasteiger partial charge in [0.2, 0.25) is 0 Å². The molecule has 29 heavy (non-hydrogen) atoms. The molecule has 0 spiro atoms. The van der Waals surface area contributed by atoms with Gasteiger partial charge in [-0.15, -0.1) is 11.8 Å². The fourth-order valence-electron chi connectivity index (χ4n) is 4.18. The van der Waals surface area contributed by atoms with Crippen molar-refractivity contribution in [1.82, 2.24) is 0 Å². The zero-order valence-electron chi connectivity index (χ0n) is 20.3. The predicted molar refractivity (Wildman–Crippen MR) is 134 cm³/mol. The van der Waals surface area contributed by atoms with Crippen molar-refractivity contribution < 1.29 is 0 Å². The minimum absolute atomic E-state index is 0.850. The Morgan fingerprint density at radius 2 is 0.966 bits per heavy atom. The van der Waals surface area contributed by atoms with Gasteiger partial charge in [-0.3, -0.25) is 0 Å². The van der Waals surface area contributed by atoms with Crippen molar-refractivity contribution in [3.8, 4) is 11.8 Å². The molecule has 0 saturated carbocycles. The monoisotopic (exact) mass is 402 g/mol. The lowest BCUT2D eigenvalue weighted by Crippen LogP contribution is -1.99. The van der Waals surface area contributed by atoms with Gasteiger partial charge in [-0.25, -0.2) is 0 Å². The van der Waals surface area contributed by atoms with E-state index in [1.807, 2.05) is 0 Å². The summed E-state index contributed by atoms with van der Waals surface area (Å²) in [5.74, 6) is 7.80. The molecule has 0 heteroatoms. The maximum Gasteiger partial charge on any atom is 0.0117 e. The summed E-state index contributed by atoms with van der Waals surface area (Å²) < 4.78 is 0. The quantitative estimate of drug-likeness (QED) is 0.125. The van der Waals surface area contributed by atoms with Crippen LogP contribution in [0.1, 0.15) is 155 Å². The highest BCUT2D eigenvalue weighted by molar-refractivity contribution is 4.99. The standard InChI is InChI=1S/C29H54/c1-4-7-9-11-13-15-16-17-19-21-23-25-28-29(26-6-3)27-24-22-20-18-14-12-10-8-5-2/h29H,1-2,4-21,23,25-28H2,3H3. The van der Waals surface area contributed by atoms with E-state index in [-0.39, 0.29) is 0 Å². The second-order valence-corrected chi connectivity index (χ2v) is 9.12. The number of hydrogen-bond acceptors (Lipinski definition) is 0. The first-order valence-corrected chi connectivity index (χ1v) is 13.4. The molecule has 0 aromatic rings. The van der Waals surface area contributed by atoms with Crippen molar-refractivity contribution in [3.05, 3.63) is 13.8 Å². The van der Waals surface area contributed by atoms with Crippen LogP contribution in [0, 0.1) is 31.6 Å². The van der Waals surface area contributed by atoms with Crippen molar-refractivity contribution in [1.29, 1.82) is 0 Å². The van der Waals surface area contributed by atoms with Gasteiger partial charge in [-0.2, -0.15) is 0 Å². The second-order valence-electron chi connectivity index (χ2n) is 9.12. The molecule has 0 nitrogen and oxygen atoms in total. The Hall–Kier alpha value is -0.440. The SMILES string of the molecule is [CH2]CCCCCCCC#CCC(CCC)CCCCCCCCCCCCC[CH2]. The van der Waals surface area contributed by atoms with E-state index in [2.05, 4.69) is 32.6 Å². The topological polar surface area (TPSA) is 0 Å². The summed E-state index contributed by atoms with van der Waals surface area (Å²) in [5, 5.41) is 0. The van der Waals surface area contributed by atoms with Gasteiger partial charge in [0, 0.05) is 12.8 Å². The summed E-state index contributed by atoms with van der Waals surface area (Å²) in [6, 6.07) is 0. The fourth-order valence-corrected chi connectivity index (χ4v) is 4.18. The first-order valence-electron chi connectivity index (χ1n) is 13.4. The molecule has 0 aromatic heterocycles. The van der Waals surface area contributed by atoms with Crippen LogP contribution in [-0.2, 0) is 0 Å². The van der Waals surface area contributed by atoms with Gasteiger partial charge in [-0.05, 0) is 25.2 Å². The smallest absolute Gasteiger partial charge is 0.0117 e. The molecular weight excluding hydrogens is 348 g/mol. The van der Waals surface area contributed by atoms with Gasteiger partial charge in [0.25, 0.3) is 0 Å². The van der Waals surface area contributed by atoms with Crippen LogP contribution in [0.15, 0.2) is 0 Å². The van der Waals surface area contributed by atoms with Crippen LogP contribution in [0.25, 0.3) is 0 Å². The largest absolute Gasteiger partial charge is 0.103 e. The summed E-state index contributed by atoms with van der Waals surface area (Å²) in [6.45, 7) is 10.2. The van der Waals surface area contributed by atoms with Crippen LogP contribution < -0.4 is 0 Å². The van der Waals surface area contributed by atoms with E-state index in [1.54, 1.807) is 0 Å². The normalized spacial score (nSPS) is 12.0. The average Bonchev–Trinajstić information content (AvgIpc) is 2.73. The minimum atomic E-state index is 0.850. The Labute approximate surface area is 186 Å². The molecule has 0 amide bonds. The highest BCUT2D eigenvalue weighted by Gasteiger charge is 2.05. The van der Waals surface area contributed by atoms with Crippen molar-refractivity contribution in [2.45, 2.75) is 155 Å². The van der Waals surface area contributed by atoms with Gasteiger partial charge in [0.15, 0.2) is 0 Å². The van der Waals surface area contributed by atoms with Crippen LogP contribution in [0.4, 0.5) is 0 Å².